The van der Waals surface area contributed by atoms with E-state index in [1.165, 1.54) is 29.6 Å². The topological polar surface area (TPSA) is 96.0 Å². The molecule has 1 atom stereocenters. The second kappa shape index (κ2) is 10.2. The average Bonchev–Trinajstić information content (AvgIpc) is 3.29. The van der Waals surface area contributed by atoms with Crippen molar-refractivity contribution in [2.24, 2.45) is 5.92 Å². The van der Waals surface area contributed by atoms with Gasteiger partial charge in [0, 0.05) is 19.0 Å². The Kier molecular flexibility index (Phi) is 7.63. The molecular weight excluding hydrogens is 442 g/mol. The van der Waals surface area contributed by atoms with Gasteiger partial charge in [0.25, 0.3) is 10.0 Å². The molecule has 1 saturated heterocycles. The molecule has 0 radical (unpaired) electrons. The van der Waals surface area contributed by atoms with Gasteiger partial charge in [0.05, 0.1) is 23.4 Å². The molecule has 178 valence electrons. The molecule has 3 rings (SSSR count). The highest BCUT2D eigenvalue weighted by Crippen LogP contribution is 2.31. The largest absolute Gasteiger partial charge is 0.495 e. The molecule has 0 saturated carbocycles. The van der Waals surface area contributed by atoms with Crippen molar-refractivity contribution in [2.75, 3.05) is 29.8 Å². The zero-order valence-corrected chi connectivity index (χ0v) is 20.3. The van der Waals surface area contributed by atoms with E-state index < -0.39 is 16.1 Å². The lowest BCUT2D eigenvalue weighted by Gasteiger charge is -2.26. The minimum absolute atomic E-state index is 0.0332. The number of nitrogens with zero attached hydrogens (tertiary/aromatic N) is 2. The lowest BCUT2D eigenvalue weighted by atomic mass is 10.1. The van der Waals surface area contributed by atoms with Crippen LogP contribution < -0.4 is 14.4 Å². The van der Waals surface area contributed by atoms with Crippen molar-refractivity contribution in [2.45, 2.75) is 44.6 Å². The lowest BCUT2D eigenvalue weighted by molar-refractivity contribution is -0.139. The summed E-state index contributed by atoms with van der Waals surface area (Å²) in [6, 6.07) is 12.6. The molecule has 33 heavy (non-hydrogen) atoms. The van der Waals surface area contributed by atoms with Crippen molar-refractivity contribution < 1.29 is 22.7 Å². The first-order valence-electron chi connectivity index (χ1n) is 11.1. The fourth-order valence-electron chi connectivity index (χ4n) is 4.01. The number of ether oxygens (including phenoxy) is 1. The maximum absolute atomic E-state index is 13.4. The summed E-state index contributed by atoms with van der Waals surface area (Å²) in [5.74, 6) is -0.300. The van der Waals surface area contributed by atoms with E-state index in [0.29, 0.717) is 24.4 Å². The van der Waals surface area contributed by atoms with Gasteiger partial charge in [0.1, 0.15) is 11.8 Å². The van der Waals surface area contributed by atoms with E-state index in [1.54, 1.807) is 49.9 Å². The van der Waals surface area contributed by atoms with Gasteiger partial charge < -0.3 is 15.0 Å². The average molecular weight is 474 g/mol. The highest BCUT2D eigenvalue weighted by Gasteiger charge is 2.35. The third-order valence-corrected chi connectivity index (χ3v) is 7.58. The van der Waals surface area contributed by atoms with E-state index in [4.69, 9.17) is 4.74 Å². The normalized spacial score (nSPS) is 16.0. The van der Waals surface area contributed by atoms with Gasteiger partial charge in [0.2, 0.25) is 11.8 Å². The number of para-hydroxylation sites is 1. The second-order valence-corrected chi connectivity index (χ2v) is 10.1. The number of likely N-dealkylation sites (tertiary alicyclic amines) is 1. The Balaban J connectivity index is 1.91. The number of carbonyl (C=O) groups excluding carboxylic acids is 2. The summed E-state index contributed by atoms with van der Waals surface area (Å²) in [5.41, 5.74) is 0.798. The van der Waals surface area contributed by atoms with Crippen LogP contribution in [0.25, 0.3) is 0 Å². The van der Waals surface area contributed by atoms with Crippen molar-refractivity contribution in [3.8, 4) is 5.75 Å². The number of rotatable bonds is 8. The standard InChI is InChI=1S/C24H31N3O5S/c1-5-27(18-10-7-6-8-11-18)33(30,31)19-13-14-22(32-4)20(16-19)25-23(28)21-12-9-15-26(21)24(29)17(2)3/h6-8,10-11,13-14,16-17,21H,5,9,12,15H2,1-4H3,(H,25,28). The number of anilines is 2. The molecule has 0 aliphatic carbocycles. The van der Waals surface area contributed by atoms with E-state index in [-0.39, 0.29) is 34.9 Å². The number of carbonyl (C=O) groups is 2. The molecule has 0 aromatic heterocycles. The molecule has 2 aromatic rings. The predicted molar refractivity (Wildman–Crippen MR) is 128 cm³/mol. The van der Waals surface area contributed by atoms with Crippen molar-refractivity contribution in [1.82, 2.24) is 4.90 Å². The summed E-state index contributed by atoms with van der Waals surface area (Å²) < 4.78 is 33.4. The van der Waals surface area contributed by atoms with Crippen LogP contribution in [0.4, 0.5) is 11.4 Å². The molecule has 1 heterocycles. The van der Waals surface area contributed by atoms with Crippen LogP contribution in [0.1, 0.15) is 33.6 Å². The number of nitrogens with one attached hydrogen (secondary N) is 1. The molecule has 2 aromatic carbocycles. The van der Waals surface area contributed by atoms with Gasteiger partial charge in [-0.15, -0.1) is 0 Å². The monoisotopic (exact) mass is 473 g/mol. The maximum Gasteiger partial charge on any atom is 0.264 e. The van der Waals surface area contributed by atoms with Crippen LogP contribution in [0.3, 0.4) is 0 Å². The first-order valence-corrected chi connectivity index (χ1v) is 12.5. The van der Waals surface area contributed by atoms with Gasteiger partial charge in [-0.2, -0.15) is 0 Å². The molecule has 1 aliphatic rings. The highest BCUT2D eigenvalue weighted by molar-refractivity contribution is 7.92. The smallest absolute Gasteiger partial charge is 0.264 e. The van der Waals surface area contributed by atoms with Crippen LogP contribution in [0, 0.1) is 5.92 Å². The molecule has 1 aliphatic heterocycles. The molecular formula is C24H31N3O5S. The van der Waals surface area contributed by atoms with Gasteiger partial charge in [-0.1, -0.05) is 32.0 Å². The lowest BCUT2D eigenvalue weighted by Crippen LogP contribution is -2.44. The van der Waals surface area contributed by atoms with Crippen LogP contribution in [-0.2, 0) is 19.6 Å². The minimum atomic E-state index is -3.88. The van der Waals surface area contributed by atoms with Crippen LogP contribution in [0.5, 0.6) is 5.75 Å². The Hall–Kier alpha value is -3.07. The van der Waals surface area contributed by atoms with Crippen LogP contribution in [-0.4, -0.2) is 51.4 Å². The summed E-state index contributed by atoms with van der Waals surface area (Å²) in [5, 5.41) is 2.80. The SMILES string of the molecule is CCN(c1ccccc1)S(=O)(=O)c1ccc(OC)c(NC(=O)C2CCCN2C(=O)C(C)C)c1. The van der Waals surface area contributed by atoms with Crippen molar-refractivity contribution >= 4 is 33.2 Å². The van der Waals surface area contributed by atoms with Gasteiger partial charge in [-0.3, -0.25) is 13.9 Å². The summed E-state index contributed by atoms with van der Waals surface area (Å²) in [6.45, 7) is 6.15. The Morgan fingerprint density at radius 3 is 2.48 bits per heavy atom. The Bertz CT molecular complexity index is 1100. The Morgan fingerprint density at radius 2 is 1.88 bits per heavy atom. The van der Waals surface area contributed by atoms with E-state index in [0.717, 1.165) is 6.42 Å². The maximum atomic E-state index is 13.4. The van der Waals surface area contributed by atoms with Crippen molar-refractivity contribution in [3.63, 3.8) is 0 Å². The quantitative estimate of drug-likeness (QED) is 0.633. The van der Waals surface area contributed by atoms with E-state index in [2.05, 4.69) is 5.32 Å². The van der Waals surface area contributed by atoms with Gasteiger partial charge >= 0.3 is 0 Å². The van der Waals surface area contributed by atoms with Crippen molar-refractivity contribution in [3.05, 3.63) is 48.5 Å². The predicted octanol–water partition coefficient (Wildman–Crippen LogP) is 3.50. The molecule has 1 fully saturated rings. The molecule has 8 nitrogen and oxygen atoms in total. The fourth-order valence-corrected chi connectivity index (χ4v) is 5.51. The van der Waals surface area contributed by atoms with Gasteiger partial charge in [-0.05, 0) is 50.1 Å². The number of hydrogen-bond donors (Lipinski definition) is 1. The first-order chi connectivity index (χ1) is 15.7. The molecule has 2 amide bonds. The number of hydrogen-bond acceptors (Lipinski definition) is 5. The van der Waals surface area contributed by atoms with E-state index in [9.17, 15) is 18.0 Å². The first kappa shape index (κ1) is 24.6. The van der Waals surface area contributed by atoms with E-state index >= 15 is 0 Å². The zero-order valence-electron chi connectivity index (χ0n) is 19.4. The van der Waals surface area contributed by atoms with Crippen LogP contribution in [0.2, 0.25) is 0 Å². The van der Waals surface area contributed by atoms with Crippen LogP contribution >= 0.6 is 0 Å². The Labute approximate surface area is 195 Å². The summed E-state index contributed by atoms with van der Waals surface area (Å²) in [6.07, 6.45) is 1.30. The number of benzene rings is 2. The number of methoxy groups -OCH3 is 1. The van der Waals surface area contributed by atoms with Crippen LogP contribution in [0.15, 0.2) is 53.4 Å². The Morgan fingerprint density at radius 1 is 1.18 bits per heavy atom. The molecule has 1 N–H and O–H groups in total. The zero-order chi connectivity index (χ0) is 24.2. The third-order valence-electron chi connectivity index (χ3n) is 5.68. The van der Waals surface area contributed by atoms with Gasteiger partial charge in [-0.25, -0.2) is 8.42 Å². The number of amides is 2. The summed E-state index contributed by atoms with van der Waals surface area (Å²) >= 11 is 0. The van der Waals surface area contributed by atoms with Gasteiger partial charge in [0.15, 0.2) is 0 Å². The molecule has 1 unspecified atom stereocenters. The van der Waals surface area contributed by atoms with Crippen molar-refractivity contribution in [1.29, 1.82) is 0 Å². The minimum Gasteiger partial charge on any atom is -0.495 e. The third kappa shape index (κ3) is 5.13. The molecule has 0 spiro atoms. The molecule has 9 heteroatoms. The number of sulfonamides is 1. The summed E-state index contributed by atoms with van der Waals surface area (Å²) in [4.78, 5) is 27.2. The summed E-state index contributed by atoms with van der Waals surface area (Å²) in [7, 11) is -2.43. The molecule has 0 bridgehead atoms. The second-order valence-electron chi connectivity index (χ2n) is 8.20. The van der Waals surface area contributed by atoms with E-state index in [1.807, 2.05) is 6.07 Å². The fraction of sp³-hybridized carbons (Fsp3) is 0.417. The highest BCUT2D eigenvalue weighted by atomic mass is 32.2.